The van der Waals surface area contributed by atoms with Crippen molar-refractivity contribution >= 4 is 46.6 Å². The van der Waals surface area contributed by atoms with Gasteiger partial charge >= 0.3 is 0 Å². The second-order valence-corrected chi connectivity index (χ2v) is 8.37. The first-order valence-corrected chi connectivity index (χ1v) is 9.96. The molecule has 0 spiro atoms. The lowest BCUT2D eigenvalue weighted by Gasteiger charge is -2.12. The Morgan fingerprint density at radius 3 is 2.61 bits per heavy atom. The minimum Gasteiger partial charge on any atom is -0.335 e. The predicted octanol–water partition coefficient (Wildman–Crippen LogP) is 3.44. The average Bonchev–Trinajstić information content (AvgIpc) is 3.09. The molecule has 0 aliphatic heterocycles. The Morgan fingerprint density at radius 1 is 1.29 bits per heavy atom. The molecule has 0 saturated carbocycles. The number of amides is 1. The van der Waals surface area contributed by atoms with Crippen molar-refractivity contribution in [2.24, 2.45) is 7.05 Å². The number of hydrogen-bond acceptors (Lipinski definition) is 6. The van der Waals surface area contributed by atoms with Gasteiger partial charge in [-0.1, -0.05) is 35.0 Å². The van der Waals surface area contributed by atoms with Crippen LogP contribution in [0.5, 0.6) is 0 Å². The first-order valence-electron chi connectivity index (χ1n) is 8.32. The maximum Gasteiger partial charge on any atom is 0.237 e. The standard InChI is InChI=1S/C17H19Cl2N7OS/c1-8-14(9(2)25(4)24-8)21-16(27)10(3)28-17-23-22-15(26(17)20)12-6-5-11(18)7-13(12)19/h5-7,10H,20H2,1-4H3,(H,21,27). The molecule has 0 aliphatic carbocycles. The van der Waals surface area contributed by atoms with E-state index in [1.165, 1.54) is 16.4 Å². The van der Waals surface area contributed by atoms with Gasteiger partial charge in [-0.3, -0.25) is 9.48 Å². The van der Waals surface area contributed by atoms with Gasteiger partial charge in [-0.15, -0.1) is 10.2 Å². The lowest BCUT2D eigenvalue weighted by molar-refractivity contribution is -0.115. The number of carbonyl (C=O) groups is 1. The van der Waals surface area contributed by atoms with Crippen LogP contribution < -0.4 is 11.2 Å². The maximum absolute atomic E-state index is 12.6. The highest BCUT2D eigenvalue weighted by molar-refractivity contribution is 8.00. The van der Waals surface area contributed by atoms with Crippen LogP contribution in [0.15, 0.2) is 23.4 Å². The number of carbonyl (C=O) groups excluding carboxylic acids is 1. The maximum atomic E-state index is 12.6. The average molecular weight is 440 g/mol. The van der Waals surface area contributed by atoms with E-state index in [1.54, 1.807) is 29.8 Å². The summed E-state index contributed by atoms with van der Waals surface area (Å²) in [5.74, 6) is 6.33. The highest BCUT2D eigenvalue weighted by Crippen LogP contribution is 2.31. The van der Waals surface area contributed by atoms with Crippen molar-refractivity contribution in [1.29, 1.82) is 0 Å². The third-order valence-electron chi connectivity index (χ3n) is 4.25. The summed E-state index contributed by atoms with van der Waals surface area (Å²) in [5.41, 5.74) is 2.95. The quantitative estimate of drug-likeness (QED) is 0.465. The minimum absolute atomic E-state index is 0.182. The van der Waals surface area contributed by atoms with Crippen molar-refractivity contribution in [1.82, 2.24) is 24.7 Å². The van der Waals surface area contributed by atoms with Gasteiger partial charge in [-0.25, -0.2) is 4.68 Å². The van der Waals surface area contributed by atoms with E-state index in [2.05, 4.69) is 20.6 Å². The number of nitrogens with one attached hydrogen (secondary N) is 1. The molecule has 0 bridgehead atoms. The number of halogens is 2. The van der Waals surface area contributed by atoms with Crippen molar-refractivity contribution in [3.63, 3.8) is 0 Å². The summed E-state index contributed by atoms with van der Waals surface area (Å²) in [5, 5.41) is 16.3. The molecule has 1 amide bonds. The normalized spacial score (nSPS) is 12.2. The van der Waals surface area contributed by atoms with E-state index in [0.717, 1.165) is 11.4 Å². The molecule has 1 unspecified atom stereocenters. The monoisotopic (exact) mass is 439 g/mol. The second-order valence-electron chi connectivity index (χ2n) is 6.22. The number of rotatable bonds is 5. The predicted molar refractivity (Wildman–Crippen MR) is 112 cm³/mol. The van der Waals surface area contributed by atoms with Gasteiger partial charge < -0.3 is 11.2 Å². The van der Waals surface area contributed by atoms with E-state index in [9.17, 15) is 4.79 Å². The number of thioether (sulfide) groups is 1. The molecular weight excluding hydrogens is 421 g/mol. The van der Waals surface area contributed by atoms with Gasteiger partial charge in [0.1, 0.15) is 0 Å². The summed E-state index contributed by atoms with van der Waals surface area (Å²) in [6, 6.07) is 5.02. The Hall–Kier alpha value is -2.23. The van der Waals surface area contributed by atoms with E-state index in [-0.39, 0.29) is 5.91 Å². The second kappa shape index (κ2) is 8.02. The molecule has 28 heavy (non-hydrogen) atoms. The zero-order valence-corrected chi connectivity index (χ0v) is 18.0. The number of nitrogens with zero attached hydrogens (tertiary/aromatic N) is 5. The summed E-state index contributed by atoms with van der Waals surface area (Å²) in [6.07, 6.45) is 0. The molecule has 3 N–H and O–H groups in total. The summed E-state index contributed by atoms with van der Waals surface area (Å²) in [6.45, 7) is 5.51. The van der Waals surface area contributed by atoms with Crippen molar-refractivity contribution in [3.8, 4) is 11.4 Å². The Bertz CT molecular complexity index is 1050. The molecule has 11 heteroatoms. The van der Waals surface area contributed by atoms with E-state index in [0.29, 0.717) is 32.3 Å². The fourth-order valence-electron chi connectivity index (χ4n) is 2.60. The van der Waals surface area contributed by atoms with Crippen molar-refractivity contribution in [2.45, 2.75) is 31.2 Å². The summed E-state index contributed by atoms with van der Waals surface area (Å²) in [7, 11) is 1.83. The summed E-state index contributed by atoms with van der Waals surface area (Å²) < 4.78 is 3.03. The van der Waals surface area contributed by atoms with Crippen LogP contribution in [-0.2, 0) is 11.8 Å². The van der Waals surface area contributed by atoms with Crippen LogP contribution in [0.1, 0.15) is 18.3 Å². The molecular formula is C17H19Cl2N7OS. The third-order valence-corrected chi connectivity index (χ3v) is 5.85. The Labute approximate surface area is 176 Å². The van der Waals surface area contributed by atoms with Crippen LogP contribution in [0, 0.1) is 13.8 Å². The number of anilines is 1. The Balaban J connectivity index is 1.76. The van der Waals surface area contributed by atoms with Crippen molar-refractivity contribution in [2.75, 3.05) is 11.2 Å². The fourth-order valence-corrected chi connectivity index (χ4v) is 3.87. The van der Waals surface area contributed by atoms with Crippen LogP contribution in [0.3, 0.4) is 0 Å². The van der Waals surface area contributed by atoms with Gasteiger partial charge in [0.15, 0.2) is 5.82 Å². The SMILES string of the molecule is Cc1nn(C)c(C)c1NC(=O)C(C)Sc1nnc(-c2ccc(Cl)cc2Cl)n1N. The fraction of sp³-hybridized carbons (Fsp3) is 0.294. The molecule has 2 aromatic heterocycles. The minimum atomic E-state index is -0.459. The Morgan fingerprint density at radius 2 is 2.00 bits per heavy atom. The van der Waals surface area contributed by atoms with E-state index < -0.39 is 5.25 Å². The molecule has 2 heterocycles. The third kappa shape index (κ3) is 3.96. The number of nitrogen functional groups attached to an aromatic ring is 1. The van der Waals surface area contributed by atoms with Gasteiger partial charge in [-0.05, 0) is 39.0 Å². The van der Waals surface area contributed by atoms with Crippen LogP contribution in [0.25, 0.3) is 11.4 Å². The highest BCUT2D eigenvalue weighted by atomic mass is 35.5. The van der Waals surface area contributed by atoms with Gasteiger partial charge in [0, 0.05) is 17.6 Å². The number of benzene rings is 1. The van der Waals surface area contributed by atoms with Gasteiger partial charge in [-0.2, -0.15) is 5.10 Å². The molecule has 3 aromatic rings. The molecule has 8 nitrogen and oxygen atoms in total. The number of aryl methyl sites for hydroxylation is 2. The smallest absolute Gasteiger partial charge is 0.237 e. The van der Waals surface area contributed by atoms with Crippen LogP contribution in [0.4, 0.5) is 5.69 Å². The largest absolute Gasteiger partial charge is 0.335 e. The topological polar surface area (TPSA) is 104 Å². The van der Waals surface area contributed by atoms with E-state index in [4.69, 9.17) is 29.0 Å². The van der Waals surface area contributed by atoms with Crippen LogP contribution >= 0.6 is 35.0 Å². The van der Waals surface area contributed by atoms with Crippen LogP contribution in [0.2, 0.25) is 10.0 Å². The lowest BCUT2D eigenvalue weighted by Crippen LogP contribution is -2.24. The molecule has 3 rings (SSSR count). The number of aromatic nitrogens is 5. The lowest BCUT2D eigenvalue weighted by atomic mass is 10.2. The van der Waals surface area contributed by atoms with Crippen LogP contribution in [-0.4, -0.2) is 35.8 Å². The van der Waals surface area contributed by atoms with Gasteiger partial charge in [0.25, 0.3) is 0 Å². The summed E-state index contributed by atoms with van der Waals surface area (Å²) in [4.78, 5) is 12.6. The zero-order valence-electron chi connectivity index (χ0n) is 15.7. The van der Waals surface area contributed by atoms with E-state index in [1.807, 2.05) is 20.9 Å². The first kappa shape index (κ1) is 20.5. The molecule has 1 atom stereocenters. The number of nitrogens with two attached hydrogens (primary N) is 1. The van der Waals surface area contributed by atoms with Gasteiger partial charge in [0.05, 0.1) is 27.3 Å². The van der Waals surface area contributed by atoms with Crippen molar-refractivity contribution < 1.29 is 4.79 Å². The Kier molecular flexibility index (Phi) is 5.87. The van der Waals surface area contributed by atoms with Gasteiger partial charge in [0.2, 0.25) is 11.1 Å². The first-order chi connectivity index (χ1) is 13.2. The number of hydrogen-bond donors (Lipinski definition) is 2. The van der Waals surface area contributed by atoms with E-state index >= 15 is 0 Å². The molecule has 0 saturated heterocycles. The molecule has 0 aliphatic rings. The summed E-state index contributed by atoms with van der Waals surface area (Å²) >= 11 is 13.4. The van der Waals surface area contributed by atoms with Crippen molar-refractivity contribution in [3.05, 3.63) is 39.6 Å². The zero-order chi connectivity index (χ0) is 20.6. The molecule has 0 radical (unpaired) electrons. The molecule has 148 valence electrons. The molecule has 1 aromatic carbocycles. The highest BCUT2D eigenvalue weighted by Gasteiger charge is 2.22. The molecule has 0 fully saturated rings.